The fourth-order valence-electron chi connectivity index (χ4n) is 3.03. The maximum atomic E-state index is 12.4. The van der Waals surface area contributed by atoms with Crippen molar-refractivity contribution in [3.63, 3.8) is 0 Å². The molecule has 7 nitrogen and oxygen atoms in total. The summed E-state index contributed by atoms with van der Waals surface area (Å²) in [5, 5.41) is 31.3. The summed E-state index contributed by atoms with van der Waals surface area (Å²) in [5.41, 5.74) is 0.953. The second kappa shape index (κ2) is 7.16. The van der Waals surface area contributed by atoms with Crippen molar-refractivity contribution in [2.75, 3.05) is 18.0 Å². The van der Waals surface area contributed by atoms with Gasteiger partial charge in [-0.2, -0.15) is 10.5 Å². The predicted molar refractivity (Wildman–Crippen MR) is 90.0 cm³/mol. The Kier molecular flexibility index (Phi) is 4.78. The van der Waals surface area contributed by atoms with Crippen LogP contribution in [-0.4, -0.2) is 41.2 Å². The van der Waals surface area contributed by atoms with Crippen LogP contribution in [0.5, 0.6) is 0 Å². The lowest BCUT2D eigenvalue weighted by atomic mass is 9.95. The number of pyridine rings is 1. The minimum absolute atomic E-state index is 0.281. The molecule has 7 heteroatoms. The molecule has 3 rings (SSSR count). The van der Waals surface area contributed by atoms with Gasteiger partial charge in [-0.05, 0) is 18.6 Å². The molecule has 1 aliphatic heterocycles. The molecule has 0 radical (unpaired) electrons. The number of nitriles is 2. The Bertz CT molecular complexity index is 817. The number of aromatic nitrogens is 1. The molecule has 0 spiro atoms. The molecule has 2 N–H and O–H groups in total. The lowest BCUT2D eigenvalue weighted by molar-refractivity contribution is -0.118. The van der Waals surface area contributed by atoms with Gasteiger partial charge in [-0.1, -0.05) is 18.2 Å². The van der Waals surface area contributed by atoms with E-state index in [0.717, 1.165) is 0 Å². The quantitative estimate of drug-likeness (QED) is 0.838. The fourth-order valence-corrected chi connectivity index (χ4v) is 3.03. The topological polar surface area (TPSA) is 113 Å². The van der Waals surface area contributed by atoms with Gasteiger partial charge in [-0.15, -0.1) is 0 Å². The molecule has 1 fully saturated rings. The molecule has 1 saturated heterocycles. The number of amides is 1. The van der Waals surface area contributed by atoms with Gasteiger partial charge in [0.2, 0.25) is 5.91 Å². The van der Waals surface area contributed by atoms with E-state index in [1.165, 1.54) is 0 Å². The summed E-state index contributed by atoms with van der Waals surface area (Å²) in [7, 11) is 0. The highest BCUT2D eigenvalue weighted by Gasteiger charge is 2.34. The first-order valence-corrected chi connectivity index (χ1v) is 7.98. The molecular formula is C18H17N5O2. The van der Waals surface area contributed by atoms with Crippen LogP contribution in [0.3, 0.4) is 0 Å². The minimum atomic E-state index is -0.760. The van der Waals surface area contributed by atoms with Crippen LogP contribution < -0.4 is 10.2 Å². The zero-order chi connectivity index (χ0) is 17.8. The summed E-state index contributed by atoms with van der Waals surface area (Å²) < 4.78 is 0. The maximum absolute atomic E-state index is 12.4. The lowest BCUT2D eigenvalue weighted by Gasteiger charge is -2.19. The number of carbonyl (C=O) groups excluding carboxylic acids is 1. The van der Waals surface area contributed by atoms with Crippen LogP contribution in [0.15, 0.2) is 42.1 Å². The van der Waals surface area contributed by atoms with Crippen LogP contribution in [0.2, 0.25) is 0 Å². The second-order valence-electron chi connectivity index (χ2n) is 6.06. The Morgan fingerprint density at radius 1 is 1.40 bits per heavy atom. The van der Waals surface area contributed by atoms with E-state index in [0.29, 0.717) is 29.9 Å². The molecule has 2 heterocycles. The summed E-state index contributed by atoms with van der Waals surface area (Å²) in [6.45, 7) is 0.653. The van der Waals surface area contributed by atoms with Gasteiger partial charge >= 0.3 is 0 Å². The third-order valence-electron chi connectivity index (χ3n) is 4.35. The first-order chi connectivity index (χ1) is 12.1. The number of aliphatic hydroxyl groups excluding tert-OH is 1. The van der Waals surface area contributed by atoms with Gasteiger partial charge in [0.15, 0.2) is 0 Å². The number of rotatable bonds is 3. The Morgan fingerprint density at radius 3 is 3.00 bits per heavy atom. The smallest absolute Gasteiger partial charge is 0.247 e. The largest absolute Gasteiger partial charge is 0.389 e. The van der Waals surface area contributed by atoms with Crippen LogP contribution in [0.25, 0.3) is 0 Å². The SMILES string of the molecule is N#Cc1cccnc1N1CC(O)C(NC(=O)C2=CC=CC(C#N)C2)C1. The van der Waals surface area contributed by atoms with Crippen LogP contribution in [0.4, 0.5) is 5.82 Å². The number of anilines is 1. The normalized spacial score (nSPS) is 25.0. The molecule has 0 bridgehead atoms. The number of carbonyl (C=O) groups is 1. The van der Waals surface area contributed by atoms with Crippen molar-refractivity contribution in [1.82, 2.24) is 10.3 Å². The van der Waals surface area contributed by atoms with E-state index in [2.05, 4.69) is 22.4 Å². The number of allylic oxidation sites excluding steroid dienone is 3. The fraction of sp³-hybridized carbons (Fsp3) is 0.333. The van der Waals surface area contributed by atoms with Gasteiger partial charge < -0.3 is 15.3 Å². The predicted octanol–water partition coefficient (Wildman–Crippen LogP) is 0.645. The first-order valence-electron chi connectivity index (χ1n) is 7.98. The van der Waals surface area contributed by atoms with Gasteiger partial charge in [0, 0.05) is 24.9 Å². The molecule has 1 aromatic rings. The van der Waals surface area contributed by atoms with E-state index in [1.807, 2.05) is 0 Å². The van der Waals surface area contributed by atoms with Crippen molar-refractivity contribution < 1.29 is 9.90 Å². The number of β-amino-alcohol motifs (C(OH)–C–C–N with tert-alkyl or cyclic N) is 1. The molecule has 1 aromatic heterocycles. The average Bonchev–Trinajstić information content (AvgIpc) is 3.02. The standard InChI is InChI=1S/C18H17N5O2/c19-8-12-3-1-4-13(7-12)18(25)22-15-10-23(11-16(15)24)17-14(9-20)5-2-6-21-17/h1-6,12,15-16,24H,7,10-11H2,(H,22,25). The highest BCUT2D eigenvalue weighted by Crippen LogP contribution is 2.23. The first kappa shape index (κ1) is 16.7. The molecule has 0 saturated carbocycles. The number of aliphatic hydroxyl groups is 1. The molecule has 126 valence electrons. The number of hydrogen-bond donors (Lipinski definition) is 2. The van der Waals surface area contributed by atoms with Gasteiger partial charge in [0.1, 0.15) is 11.9 Å². The second-order valence-corrected chi connectivity index (χ2v) is 6.06. The molecular weight excluding hydrogens is 318 g/mol. The zero-order valence-electron chi connectivity index (χ0n) is 13.5. The number of nitrogens with one attached hydrogen (secondary N) is 1. The van der Waals surface area contributed by atoms with Gasteiger partial charge in [0.05, 0.1) is 29.7 Å². The summed E-state index contributed by atoms with van der Waals surface area (Å²) in [4.78, 5) is 18.4. The molecule has 3 unspecified atom stereocenters. The van der Waals surface area contributed by atoms with Crippen LogP contribution in [0, 0.1) is 28.6 Å². The van der Waals surface area contributed by atoms with Crippen molar-refractivity contribution in [3.8, 4) is 12.1 Å². The Balaban J connectivity index is 1.68. The third kappa shape index (κ3) is 3.52. The Labute approximate surface area is 145 Å². The average molecular weight is 335 g/mol. The molecule has 0 aromatic carbocycles. The van der Waals surface area contributed by atoms with Crippen LogP contribution in [-0.2, 0) is 4.79 Å². The molecule has 2 aliphatic rings. The van der Waals surface area contributed by atoms with Crippen LogP contribution >= 0.6 is 0 Å². The van der Waals surface area contributed by atoms with E-state index in [4.69, 9.17) is 5.26 Å². The molecule has 3 atom stereocenters. The van der Waals surface area contributed by atoms with Gasteiger partial charge in [-0.3, -0.25) is 4.79 Å². The van der Waals surface area contributed by atoms with Gasteiger partial charge in [-0.25, -0.2) is 4.98 Å². The molecule has 1 amide bonds. The minimum Gasteiger partial charge on any atom is -0.389 e. The third-order valence-corrected chi connectivity index (χ3v) is 4.35. The van der Waals surface area contributed by atoms with Crippen molar-refractivity contribution in [2.24, 2.45) is 5.92 Å². The number of hydrogen-bond acceptors (Lipinski definition) is 6. The lowest BCUT2D eigenvalue weighted by Crippen LogP contribution is -2.43. The van der Waals surface area contributed by atoms with Crippen molar-refractivity contribution in [3.05, 3.63) is 47.7 Å². The Morgan fingerprint density at radius 2 is 2.24 bits per heavy atom. The highest BCUT2D eigenvalue weighted by atomic mass is 16.3. The van der Waals surface area contributed by atoms with E-state index in [1.54, 1.807) is 41.5 Å². The summed E-state index contributed by atoms with van der Waals surface area (Å²) in [6.07, 6.45) is 6.35. The van der Waals surface area contributed by atoms with E-state index < -0.39 is 12.1 Å². The van der Waals surface area contributed by atoms with E-state index >= 15 is 0 Å². The van der Waals surface area contributed by atoms with Crippen molar-refractivity contribution in [2.45, 2.75) is 18.6 Å². The zero-order valence-corrected chi connectivity index (χ0v) is 13.5. The number of nitrogens with zero attached hydrogens (tertiary/aromatic N) is 4. The van der Waals surface area contributed by atoms with E-state index in [-0.39, 0.29) is 18.4 Å². The molecule has 1 aliphatic carbocycles. The van der Waals surface area contributed by atoms with Crippen LogP contribution in [0.1, 0.15) is 12.0 Å². The highest BCUT2D eigenvalue weighted by molar-refractivity contribution is 5.94. The molecule has 25 heavy (non-hydrogen) atoms. The van der Waals surface area contributed by atoms with Gasteiger partial charge in [0.25, 0.3) is 0 Å². The monoisotopic (exact) mass is 335 g/mol. The summed E-state index contributed by atoms with van der Waals surface area (Å²) in [5.74, 6) is -0.0790. The summed E-state index contributed by atoms with van der Waals surface area (Å²) >= 11 is 0. The van der Waals surface area contributed by atoms with E-state index in [9.17, 15) is 15.2 Å². The Hall–Kier alpha value is -3.16. The maximum Gasteiger partial charge on any atom is 0.247 e. The van der Waals surface area contributed by atoms with Crippen molar-refractivity contribution >= 4 is 11.7 Å². The van der Waals surface area contributed by atoms with Crippen molar-refractivity contribution in [1.29, 1.82) is 10.5 Å². The summed E-state index contributed by atoms with van der Waals surface area (Å²) in [6, 6.07) is 7.10.